The summed E-state index contributed by atoms with van der Waals surface area (Å²) in [5.74, 6) is -0.335. The molecule has 1 aliphatic carbocycles. The van der Waals surface area contributed by atoms with Crippen LogP contribution < -0.4 is 10.2 Å². The Morgan fingerprint density at radius 2 is 1.77 bits per heavy atom. The van der Waals surface area contributed by atoms with Gasteiger partial charge in [-0.05, 0) is 55.7 Å². The molecule has 9 nitrogen and oxygen atoms in total. The van der Waals surface area contributed by atoms with E-state index >= 15 is 0 Å². The van der Waals surface area contributed by atoms with Crippen LogP contribution in [0.15, 0.2) is 48.7 Å². The average Bonchev–Trinajstić information content (AvgIpc) is 3.47. The molecule has 9 heteroatoms. The summed E-state index contributed by atoms with van der Waals surface area (Å²) in [4.78, 5) is 58.0. The predicted molar refractivity (Wildman–Crippen MR) is 144 cm³/mol. The van der Waals surface area contributed by atoms with E-state index < -0.39 is 0 Å². The lowest BCUT2D eigenvalue weighted by Crippen LogP contribution is -2.41. The third-order valence-electron chi connectivity index (χ3n) is 8.42. The third-order valence-corrected chi connectivity index (χ3v) is 8.42. The van der Waals surface area contributed by atoms with E-state index in [-0.39, 0.29) is 54.1 Å². The molecule has 2 atom stereocenters. The van der Waals surface area contributed by atoms with Crippen molar-refractivity contribution in [2.45, 2.75) is 63.5 Å². The molecule has 1 aromatic heterocycles. The summed E-state index contributed by atoms with van der Waals surface area (Å²) in [6.45, 7) is 1.30. The van der Waals surface area contributed by atoms with Gasteiger partial charge in [0.2, 0.25) is 17.7 Å². The van der Waals surface area contributed by atoms with E-state index in [9.17, 15) is 19.2 Å². The van der Waals surface area contributed by atoms with E-state index in [2.05, 4.69) is 15.2 Å². The van der Waals surface area contributed by atoms with Crippen molar-refractivity contribution < 1.29 is 23.9 Å². The molecule has 2 saturated heterocycles. The number of hydrogen-bond donors (Lipinski definition) is 1. The van der Waals surface area contributed by atoms with Crippen LogP contribution in [0, 0.1) is 11.8 Å². The maximum Gasteiger partial charge on any atom is 0.311 e. The average molecular weight is 533 g/mol. The van der Waals surface area contributed by atoms with Crippen LogP contribution in [0.5, 0.6) is 0 Å². The fraction of sp³-hybridized carbons (Fsp3) is 0.500. The van der Waals surface area contributed by atoms with E-state index in [1.54, 1.807) is 6.20 Å². The molecule has 39 heavy (non-hydrogen) atoms. The quantitative estimate of drug-likeness (QED) is 0.431. The van der Waals surface area contributed by atoms with E-state index in [1.807, 2.05) is 54.4 Å². The van der Waals surface area contributed by atoms with Gasteiger partial charge in [0, 0.05) is 44.7 Å². The molecule has 0 bridgehead atoms. The van der Waals surface area contributed by atoms with Crippen LogP contribution in [0.3, 0.4) is 0 Å². The minimum Gasteiger partial charge on any atom is -0.461 e. The highest BCUT2D eigenvalue weighted by Crippen LogP contribution is 2.32. The minimum absolute atomic E-state index is 0.0170. The standard InChI is InChI=1S/C30H36N4O5/c1-33(26-13-9-22(17-31-26)25-12-14-27(35)32-28(25)36)24-10-7-21(8-11-24)29(37)34-16-15-23(18-34)30(38)39-19-20-5-3-2-4-6-20/h2-6,9,13,17,21,23-25H,7-8,10-12,14-16,18-19H2,1H3,(H,32,35,36)/t21?,23-,24?,25?/m1/s1. The van der Waals surface area contributed by atoms with Gasteiger partial charge in [0.25, 0.3) is 0 Å². The molecule has 3 heterocycles. The smallest absolute Gasteiger partial charge is 0.311 e. The SMILES string of the molecule is CN(c1ccc(C2CCC(=O)NC2=O)cn1)C1CCC(C(=O)N2CC[C@@H](C(=O)OCc3ccccc3)C2)CC1. The molecule has 1 N–H and O–H groups in total. The van der Waals surface area contributed by atoms with Gasteiger partial charge in [0.15, 0.2) is 0 Å². The number of hydrogen-bond acceptors (Lipinski definition) is 7. The second-order valence-electron chi connectivity index (χ2n) is 10.9. The first-order valence-electron chi connectivity index (χ1n) is 13.9. The number of carbonyl (C=O) groups is 4. The Balaban J connectivity index is 1.08. The van der Waals surface area contributed by atoms with Gasteiger partial charge in [0.05, 0.1) is 11.8 Å². The van der Waals surface area contributed by atoms with Gasteiger partial charge in [-0.1, -0.05) is 36.4 Å². The lowest BCUT2D eigenvalue weighted by Gasteiger charge is -2.36. The predicted octanol–water partition coefficient (Wildman–Crippen LogP) is 3.19. The van der Waals surface area contributed by atoms with Gasteiger partial charge >= 0.3 is 5.97 Å². The van der Waals surface area contributed by atoms with Crippen molar-refractivity contribution in [1.82, 2.24) is 15.2 Å². The van der Waals surface area contributed by atoms with Crippen LogP contribution >= 0.6 is 0 Å². The molecule has 2 aliphatic heterocycles. The number of benzene rings is 1. The highest BCUT2D eigenvalue weighted by molar-refractivity contribution is 6.00. The molecular formula is C30H36N4O5. The Labute approximate surface area is 228 Å². The highest BCUT2D eigenvalue weighted by Gasteiger charge is 2.37. The number of nitrogens with one attached hydrogen (secondary N) is 1. The molecule has 0 spiro atoms. The van der Waals surface area contributed by atoms with Crippen molar-refractivity contribution in [3.8, 4) is 0 Å². The Morgan fingerprint density at radius 3 is 2.46 bits per heavy atom. The molecule has 1 saturated carbocycles. The van der Waals surface area contributed by atoms with Gasteiger partial charge in [-0.25, -0.2) is 4.98 Å². The number of anilines is 1. The molecule has 3 amide bonds. The van der Waals surface area contributed by atoms with Gasteiger partial charge in [-0.15, -0.1) is 0 Å². The molecule has 1 aromatic carbocycles. The number of aromatic nitrogens is 1. The Hall–Kier alpha value is -3.75. The molecule has 2 aromatic rings. The lowest BCUT2D eigenvalue weighted by molar-refractivity contribution is -0.149. The molecule has 3 fully saturated rings. The van der Waals surface area contributed by atoms with Crippen LogP contribution in [0.2, 0.25) is 0 Å². The zero-order valence-electron chi connectivity index (χ0n) is 22.4. The maximum atomic E-state index is 13.2. The normalized spacial score (nSPS) is 25.2. The number of imide groups is 1. The van der Waals surface area contributed by atoms with Gasteiger partial charge in [0.1, 0.15) is 12.4 Å². The summed E-state index contributed by atoms with van der Waals surface area (Å²) in [7, 11) is 2.02. The van der Waals surface area contributed by atoms with Crippen molar-refractivity contribution >= 4 is 29.5 Å². The zero-order chi connectivity index (χ0) is 27.4. The number of pyridine rings is 1. The molecule has 1 unspecified atom stereocenters. The number of likely N-dealkylation sites (tertiary alicyclic amines) is 1. The number of nitrogens with zero attached hydrogens (tertiary/aromatic N) is 3. The van der Waals surface area contributed by atoms with Gasteiger partial charge in [-0.3, -0.25) is 24.5 Å². The topological polar surface area (TPSA) is 109 Å². The number of amides is 3. The second-order valence-corrected chi connectivity index (χ2v) is 10.9. The maximum absolute atomic E-state index is 13.2. The second kappa shape index (κ2) is 12.0. The first-order chi connectivity index (χ1) is 18.9. The van der Waals surface area contributed by atoms with E-state index in [0.717, 1.165) is 42.6 Å². The number of rotatable bonds is 7. The monoisotopic (exact) mass is 532 g/mol. The number of esters is 1. The lowest BCUT2D eigenvalue weighted by atomic mass is 9.84. The fourth-order valence-corrected chi connectivity index (χ4v) is 5.98. The van der Waals surface area contributed by atoms with Crippen molar-refractivity contribution in [2.24, 2.45) is 11.8 Å². The minimum atomic E-state index is -0.341. The largest absolute Gasteiger partial charge is 0.461 e. The molecular weight excluding hydrogens is 496 g/mol. The van der Waals surface area contributed by atoms with Crippen LogP contribution in [-0.4, -0.2) is 59.8 Å². The van der Waals surface area contributed by atoms with Crippen LogP contribution in [0.4, 0.5) is 5.82 Å². The van der Waals surface area contributed by atoms with E-state index in [0.29, 0.717) is 32.4 Å². The van der Waals surface area contributed by atoms with Crippen LogP contribution in [0.25, 0.3) is 0 Å². The van der Waals surface area contributed by atoms with Crippen molar-refractivity contribution in [2.75, 3.05) is 25.0 Å². The Bertz CT molecular complexity index is 1190. The van der Waals surface area contributed by atoms with E-state index in [1.165, 1.54) is 0 Å². The summed E-state index contributed by atoms with van der Waals surface area (Å²) in [6.07, 6.45) is 6.62. The number of ether oxygens (including phenoxy) is 1. The van der Waals surface area contributed by atoms with E-state index in [4.69, 9.17) is 4.74 Å². The Kier molecular flexibility index (Phi) is 8.24. The summed E-state index contributed by atoms with van der Waals surface area (Å²) in [5.41, 5.74) is 1.78. The summed E-state index contributed by atoms with van der Waals surface area (Å²) < 4.78 is 5.50. The van der Waals surface area contributed by atoms with Crippen molar-refractivity contribution in [3.05, 3.63) is 59.8 Å². The number of piperidine rings is 1. The van der Waals surface area contributed by atoms with Gasteiger partial charge in [-0.2, -0.15) is 0 Å². The highest BCUT2D eigenvalue weighted by atomic mass is 16.5. The van der Waals surface area contributed by atoms with Crippen LogP contribution in [-0.2, 0) is 30.5 Å². The molecule has 3 aliphatic rings. The first-order valence-corrected chi connectivity index (χ1v) is 13.9. The summed E-state index contributed by atoms with van der Waals surface area (Å²) in [6, 6.07) is 13.7. The van der Waals surface area contributed by atoms with Gasteiger partial charge < -0.3 is 14.5 Å². The molecule has 5 rings (SSSR count). The summed E-state index contributed by atoms with van der Waals surface area (Å²) in [5, 5.41) is 2.40. The van der Waals surface area contributed by atoms with Crippen molar-refractivity contribution in [3.63, 3.8) is 0 Å². The molecule has 206 valence electrons. The van der Waals surface area contributed by atoms with Crippen LogP contribution in [0.1, 0.15) is 62.0 Å². The third kappa shape index (κ3) is 6.29. The fourth-order valence-electron chi connectivity index (χ4n) is 5.98. The number of carbonyl (C=O) groups excluding carboxylic acids is 4. The zero-order valence-corrected chi connectivity index (χ0v) is 22.4. The van der Waals surface area contributed by atoms with Crippen molar-refractivity contribution in [1.29, 1.82) is 0 Å². The Morgan fingerprint density at radius 1 is 1.00 bits per heavy atom. The first kappa shape index (κ1) is 26.8. The molecule has 0 radical (unpaired) electrons. The summed E-state index contributed by atoms with van der Waals surface area (Å²) >= 11 is 0.